The van der Waals surface area contributed by atoms with Crippen molar-refractivity contribution in [3.63, 3.8) is 0 Å². The maximum absolute atomic E-state index is 12.2. The Labute approximate surface area is 149 Å². The van der Waals surface area contributed by atoms with E-state index in [4.69, 9.17) is 10.9 Å². The topological polar surface area (TPSA) is 164 Å². The number of hydrogen-bond donors (Lipinski definition) is 4. The first-order chi connectivity index (χ1) is 12.0. The first-order valence-corrected chi connectivity index (χ1v) is 9.97. The molecule has 0 saturated carbocycles. The molecule has 2 unspecified atom stereocenters. The predicted octanol–water partition coefficient (Wildman–Crippen LogP) is -0.396. The molecule has 3 rings (SSSR count). The van der Waals surface area contributed by atoms with Crippen LogP contribution in [0.4, 0.5) is 5.69 Å². The van der Waals surface area contributed by atoms with Crippen LogP contribution in [0.2, 0.25) is 0 Å². The summed E-state index contributed by atoms with van der Waals surface area (Å²) in [7, 11) is -2.01. The maximum atomic E-state index is 12.2. The van der Waals surface area contributed by atoms with E-state index < -0.39 is 22.1 Å². The van der Waals surface area contributed by atoms with Crippen molar-refractivity contribution < 1.29 is 13.0 Å². The second kappa shape index (κ2) is 7.66. The lowest BCUT2D eigenvalue weighted by atomic mass is 9.97. The smallest absolute Gasteiger partial charge is 0.208 e. The lowest BCUT2D eigenvalue weighted by Gasteiger charge is -2.35. The Bertz CT molecular complexity index is 799. The van der Waals surface area contributed by atoms with Crippen LogP contribution < -0.4 is 15.8 Å². The molecule has 1 aliphatic heterocycles. The van der Waals surface area contributed by atoms with Gasteiger partial charge in [-0.15, -0.1) is 10.2 Å². The summed E-state index contributed by atoms with van der Waals surface area (Å²) in [4.78, 5) is 2.10. The number of benzene rings is 1. The Hall–Kier alpha value is -1.73. The minimum atomic E-state index is -2.35. The number of tetrazole rings is 1. The van der Waals surface area contributed by atoms with Crippen LogP contribution in [0.3, 0.4) is 0 Å². The number of anilines is 1. The van der Waals surface area contributed by atoms with E-state index in [2.05, 4.69) is 25.5 Å². The third-order valence-electron chi connectivity index (χ3n) is 4.25. The van der Waals surface area contributed by atoms with Gasteiger partial charge >= 0.3 is 0 Å². The predicted molar refractivity (Wildman–Crippen MR) is 93.2 cm³/mol. The van der Waals surface area contributed by atoms with Gasteiger partial charge in [-0.1, -0.05) is 0 Å². The fourth-order valence-corrected chi connectivity index (χ4v) is 4.68. The summed E-state index contributed by atoms with van der Waals surface area (Å²) in [5.74, 6) is 0.510. The lowest BCUT2D eigenvalue weighted by Crippen LogP contribution is -2.38. The number of nitrogens with two attached hydrogens (primary N) is 2. The summed E-state index contributed by atoms with van der Waals surface area (Å²) in [6.07, 6.45) is 2.00. The summed E-state index contributed by atoms with van der Waals surface area (Å²) < 4.78 is 33.4. The van der Waals surface area contributed by atoms with Crippen molar-refractivity contribution in [1.29, 1.82) is 0 Å². The van der Waals surface area contributed by atoms with Gasteiger partial charge in [0.05, 0.1) is 15.4 Å². The van der Waals surface area contributed by atoms with Gasteiger partial charge in [0.15, 0.2) is 11.1 Å². The number of nitrogens with one attached hydrogen (secondary N) is 1. The highest BCUT2D eigenvalue weighted by Gasteiger charge is 2.28. The molecule has 3 atom stereocenters. The van der Waals surface area contributed by atoms with Crippen LogP contribution in [-0.4, -0.2) is 53.2 Å². The molecular formula is C13H19N7O3S2. The first-order valence-electron chi connectivity index (χ1n) is 7.65. The Morgan fingerprint density at radius 2 is 2.20 bits per heavy atom. The molecule has 0 spiro atoms. The number of nitrogens with zero attached hydrogens (tertiary/aromatic N) is 4. The number of piperidine rings is 1. The van der Waals surface area contributed by atoms with Gasteiger partial charge < -0.3 is 15.2 Å². The van der Waals surface area contributed by atoms with Crippen molar-refractivity contribution in [3.8, 4) is 11.4 Å². The monoisotopic (exact) mass is 385 g/mol. The van der Waals surface area contributed by atoms with Gasteiger partial charge in [-0.25, -0.2) is 13.6 Å². The molecule has 1 aromatic carbocycles. The molecule has 1 aromatic heterocycles. The van der Waals surface area contributed by atoms with Crippen LogP contribution in [0.15, 0.2) is 21.9 Å². The number of hydrogen-bond acceptors (Lipinski definition) is 7. The normalized spacial score (nSPS) is 20.4. The molecule has 0 aliphatic carbocycles. The van der Waals surface area contributed by atoms with Crippen LogP contribution >= 0.6 is 0 Å². The van der Waals surface area contributed by atoms with Crippen LogP contribution in [0.1, 0.15) is 12.8 Å². The second-order valence-corrected chi connectivity index (χ2v) is 7.70. The second-order valence-electron chi connectivity index (χ2n) is 5.76. The van der Waals surface area contributed by atoms with Crippen LogP contribution in [0.5, 0.6) is 0 Å². The molecule has 136 valence electrons. The van der Waals surface area contributed by atoms with Crippen LogP contribution in [0, 0.1) is 5.92 Å². The lowest BCUT2D eigenvalue weighted by molar-refractivity contribution is 0.423. The van der Waals surface area contributed by atoms with Gasteiger partial charge in [-0.05, 0) is 42.7 Å². The molecule has 25 heavy (non-hydrogen) atoms. The van der Waals surface area contributed by atoms with E-state index in [0.29, 0.717) is 23.7 Å². The highest BCUT2D eigenvalue weighted by molar-refractivity contribution is 7.84. The first kappa shape index (κ1) is 18.1. The minimum absolute atomic E-state index is 0.0308. The number of aromatic amines is 1. The standard InChI is InChI=1S/C13H19N7O3S2/c14-6-8-2-1-5-20(7-8)9-3-4-10(25(22)23)12(24(15)21)11(9)13-16-18-19-17-13/h3-4,8H,1-2,5-7,14-15H2,(H,22,23)(H,16,17,18,19)/t8-,24?/m1/s1. The van der Waals surface area contributed by atoms with Gasteiger partial charge in [0.1, 0.15) is 11.0 Å². The van der Waals surface area contributed by atoms with E-state index in [9.17, 15) is 13.0 Å². The van der Waals surface area contributed by atoms with Gasteiger partial charge in [0.2, 0.25) is 5.82 Å². The quantitative estimate of drug-likeness (QED) is 0.505. The molecule has 2 aromatic rings. The highest BCUT2D eigenvalue weighted by Crippen LogP contribution is 2.38. The summed E-state index contributed by atoms with van der Waals surface area (Å²) in [5.41, 5.74) is 6.86. The van der Waals surface area contributed by atoms with E-state index in [1.54, 1.807) is 6.07 Å². The van der Waals surface area contributed by atoms with Crippen molar-refractivity contribution in [2.45, 2.75) is 22.6 Å². The van der Waals surface area contributed by atoms with Crippen molar-refractivity contribution >= 4 is 27.8 Å². The zero-order valence-corrected chi connectivity index (χ0v) is 14.9. The van der Waals surface area contributed by atoms with Gasteiger partial charge in [0, 0.05) is 18.8 Å². The van der Waals surface area contributed by atoms with Crippen molar-refractivity contribution in [3.05, 3.63) is 12.1 Å². The molecule has 0 radical (unpaired) electrons. The fourth-order valence-electron chi connectivity index (χ4n) is 3.11. The van der Waals surface area contributed by atoms with E-state index in [1.165, 1.54) is 6.07 Å². The number of aromatic nitrogens is 4. The highest BCUT2D eigenvalue weighted by atomic mass is 32.2. The number of rotatable bonds is 5. The van der Waals surface area contributed by atoms with Gasteiger partial charge in [-0.2, -0.15) is 5.21 Å². The van der Waals surface area contributed by atoms with Gasteiger partial charge in [-0.3, -0.25) is 0 Å². The zero-order chi connectivity index (χ0) is 18.0. The van der Waals surface area contributed by atoms with Crippen molar-refractivity contribution in [1.82, 2.24) is 20.6 Å². The minimum Gasteiger partial charge on any atom is -0.371 e. The average Bonchev–Trinajstić information content (AvgIpc) is 3.14. The average molecular weight is 385 g/mol. The van der Waals surface area contributed by atoms with E-state index in [0.717, 1.165) is 25.9 Å². The Morgan fingerprint density at radius 3 is 2.80 bits per heavy atom. The molecular weight excluding hydrogens is 366 g/mol. The van der Waals surface area contributed by atoms with Crippen LogP contribution in [0.25, 0.3) is 11.4 Å². The summed E-state index contributed by atoms with van der Waals surface area (Å²) in [6, 6.07) is 3.16. The molecule has 2 heterocycles. The Kier molecular flexibility index (Phi) is 5.54. The van der Waals surface area contributed by atoms with Crippen molar-refractivity contribution in [2.75, 3.05) is 24.5 Å². The molecule has 10 nitrogen and oxygen atoms in total. The summed E-state index contributed by atoms with van der Waals surface area (Å²) in [5, 5.41) is 19.4. The third kappa shape index (κ3) is 3.62. The van der Waals surface area contributed by atoms with E-state index >= 15 is 0 Å². The largest absolute Gasteiger partial charge is 0.371 e. The van der Waals surface area contributed by atoms with Gasteiger partial charge in [0.25, 0.3) is 0 Å². The summed E-state index contributed by atoms with van der Waals surface area (Å²) in [6.45, 7) is 2.07. The molecule has 12 heteroatoms. The molecule has 6 N–H and O–H groups in total. The molecule has 0 amide bonds. The third-order valence-corrected chi connectivity index (χ3v) is 5.92. The molecule has 0 bridgehead atoms. The van der Waals surface area contributed by atoms with E-state index in [1.807, 2.05) is 0 Å². The Balaban J connectivity index is 2.20. The Morgan fingerprint density at radius 1 is 1.40 bits per heavy atom. The van der Waals surface area contributed by atoms with Crippen molar-refractivity contribution in [2.24, 2.45) is 16.8 Å². The SMILES string of the molecule is NC[C@H]1CCCN(c2ccc(S(=O)O)c(S(N)=O)c2-c2nn[nH]n2)C1. The van der Waals surface area contributed by atoms with Crippen LogP contribution in [-0.2, 0) is 22.1 Å². The summed E-state index contributed by atoms with van der Waals surface area (Å²) >= 11 is -2.35. The number of H-pyrrole nitrogens is 1. The maximum Gasteiger partial charge on any atom is 0.208 e. The molecule has 1 aliphatic rings. The van der Waals surface area contributed by atoms with E-state index in [-0.39, 0.29) is 15.6 Å². The molecule has 1 fully saturated rings. The zero-order valence-electron chi connectivity index (χ0n) is 13.3. The fraction of sp³-hybridized carbons (Fsp3) is 0.462. The molecule has 1 saturated heterocycles.